The molecule has 0 bridgehead atoms. The minimum atomic E-state index is -1.88. The molecule has 2 aromatic heterocycles. The van der Waals surface area contributed by atoms with Crippen LogP contribution in [0.2, 0.25) is 26.8 Å². The number of hydrogen-bond donors (Lipinski definition) is 0. The first-order valence-corrected chi connectivity index (χ1v) is 11.4. The Morgan fingerprint density at radius 2 is 1.52 bits per heavy atom. The smallest absolute Gasteiger partial charge is 0.162 e. The van der Waals surface area contributed by atoms with Crippen LogP contribution in [0.3, 0.4) is 0 Å². The van der Waals surface area contributed by atoms with Crippen LogP contribution in [0, 0.1) is 0 Å². The van der Waals surface area contributed by atoms with Crippen molar-refractivity contribution in [3.8, 4) is 0 Å². The topological polar surface area (TPSA) is 30.7 Å². The summed E-state index contributed by atoms with van der Waals surface area (Å²) in [5, 5.41) is 1.02. The number of halogens is 2. The van der Waals surface area contributed by atoms with E-state index in [1.807, 2.05) is 0 Å². The van der Waals surface area contributed by atoms with Gasteiger partial charge in [-0.15, -0.1) is 0 Å². The van der Waals surface area contributed by atoms with E-state index in [1.165, 1.54) is 5.45 Å². The first-order valence-electron chi connectivity index (χ1n) is 8.40. The summed E-state index contributed by atoms with van der Waals surface area (Å²) in [4.78, 5) is 9.56. The monoisotopic (exact) mass is 371 g/mol. The maximum atomic E-state index is 6.41. The van der Waals surface area contributed by atoms with Crippen molar-refractivity contribution in [1.82, 2.24) is 14.5 Å². The predicted molar refractivity (Wildman–Crippen MR) is 104 cm³/mol. The summed E-state index contributed by atoms with van der Waals surface area (Å²) >= 11 is 12.5. The van der Waals surface area contributed by atoms with Gasteiger partial charge < -0.3 is 4.57 Å². The van der Waals surface area contributed by atoms with Crippen LogP contribution in [0.25, 0.3) is 11.2 Å². The van der Waals surface area contributed by atoms with Crippen LogP contribution in [0.5, 0.6) is 0 Å². The Labute approximate surface area is 150 Å². The number of hydrogen-bond acceptors (Lipinski definition) is 2. The van der Waals surface area contributed by atoms with Crippen LogP contribution >= 0.6 is 23.2 Å². The minimum absolute atomic E-state index is 0.426. The third-order valence-corrected chi connectivity index (χ3v) is 12.6. The summed E-state index contributed by atoms with van der Waals surface area (Å²) in [7, 11) is -1.88. The molecule has 0 aliphatic carbocycles. The van der Waals surface area contributed by atoms with Gasteiger partial charge in [0.15, 0.2) is 5.65 Å². The molecule has 0 saturated carbocycles. The van der Waals surface area contributed by atoms with E-state index in [9.17, 15) is 0 Å². The Balaban J connectivity index is 2.92. The van der Waals surface area contributed by atoms with Crippen molar-refractivity contribution in [2.24, 2.45) is 0 Å². The van der Waals surface area contributed by atoms with Crippen LogP contribution in [-0.4, -0.2) is 22.6 Å². The fourth-order valence-electron chi connectivity index (χ4n) is 4.43. The van der Waals surface area contributed by atoms with Crippen molar-refractivity contribution in [3.63, 3.8) is 0 Å². The minimum Gasteiger partial charge on any atom is -0.317 e. The molecule has 0 spiro atoms. The molecule has 0 fully saturated rings. The highest BCUT2D eigenvalue weighted by Crippen LogP contribution is 2.41. The van der Waals surface area contributed by atoms with Crippen molar-refractivity contribution < 1.29 is 0 Å². The lowest BCUT2D eigenvalue weighted by Crippen LogP contribution is -2.59. The lowest BCUT2D eigenvalue weighted by Gasteiger charge is -2.42. The number of aromatic nitrogens is 3. The van der Waals surface area contributed by atoms with E-state index >= 15 is 0 Å². The van der Waals surface area contributed by atoms with E-state index in [1.54, 1.807) is 6.07 Å². The average molecular weight is 372 g/mol. The SMILES string of the molecule is CCn1c([Si](C(C)C)(C(C)C)C(C)C)nc2c(Cl)cc(Cl)nc21. The molecule has 23 heavy (non-hydrogen) atoms. The number of fused-ring (bicyclic) bond motifs is 1. The fraction of sp³-hybridized carbons (Fsp3) is 0.647. The van der Waals surface area contributed by atoms with Crippen molar-refractivity contribution in [2.75, 3.05) is 0 Å². The van der Waals surface area contributed by atoms with Crippen LogP contribution in [0.1, 0.15) is 48.5 Å². The van der Waals surface area contributed by atoms with Crippen LogP contribution in [-0.2, 0) is 6.54 Å². The normalized spacial score (nSPS) is 13.0. The van der Waals surface area contributed by atoms with Gasteiger partial charge in [-0.25, -0.2) is 9.97 Å². The van der Waals surface area contributed by atoms with Gasteiger partial charge in [0.25, 0.3) is 0 Å². The van der Waals surface area contributed by atoms with Gasteiger partial charge in [-0.1, -0.05) is 64.7 Å². The van der Waals surface area contributed by atoms with Gasteiger partial charge in [-0.05, 0) is 29.6 Å². The second-order valence-corrected chi connectivity index (χ2v) is 13.7. The number of nitrogens with zero attached hydrogens (tertiary/aromatic N) is 3. The van der Waals surface area contributed by atoms with E-state index < -0.39 is 8.07 Å². The Hall–Kier alpha value is -0.583. The lowest BCUT2D eigenvalue weighted by molar-refractivity contribution is 0.765. The van der Waals surface area contributed by atoms with Gasteiger partial charge >= 0.3 is 0 Å². The highest BCUT2D eigenvalue weighted by molar-refractivity contribution is 6.94. The van der Waals surface area contributed by atoms with Crippen LogP contribution in [0.4, 0.5) is 0 Å². The van der Waals surface area contributed by atoms with Crippen LogP contribution < -0.4 is 5.45 Å². The molecular weight excluding hydrogens is 345 g/mol. The molecule has 2 aromatic rings. The van der Waals surface area contributed by atoms with Crippen molar-refractivity contribution in [2.45, 2.75) is 71.6 Å². The molecular formula is C17H27Cl2N3Si. The van der Waals surface area contributed by atoms with Crippen molar-refractivity contribution >= 4 is 47.9 Å². The largest absolute Gasteiger partial charge is 0.317 e. The summed E-state index contributed by atoms with van der Waals surface area (Å²) in [6, 6.07) is 1.69. The Morgan fingerprint density at radius 1 is 1.00 bits per heavy atom. The number of rotatable bonds is 5. The van der Waals surface area contributed by atoms with Gasteiger partial charge in [0, 0.05) is 6.54 Å². The third-order valence-electron chi connectivity index (χ3n) is 5.20. The molecule has 0 unspecified atom stereocenters. The van der Waals surface area contributed by atoms with Gasteiger partial charge in [0.05, 0.1) is 10.5 Å². The molecule has 128 valence electrons. The van der Waals surface area contributed by atoms with E-state index in [0.29, 0.717) is 26.8 Å². The highest BCUT2D eigenvalue weighted by atomic mass is 35.5. The third kappa shape index (κ3) is 2.83. The molecule has 0 atom stereocenters. The molecule has 0 aliphatic rings. The molecule has 0 aromatic carbocycles. The van der Waals surface area contributed by atoms with Gasteiger partial charge in [-0.2, -0.15) is 0 Å². The fourth-order valence-corrected chi connectivity index (χ4v) is 11.5. The zero-order valence-electron chi connectivity index (χ0n) is 15.1. The summed E-state index contributed by atoms with van der Waals surface area (Å²) < 4.78 is 2.25. The zero-order valence-corrected chi connectivity index (χ0v) is 17.6. The maximum Gasteiger partial charge on any atom is 0.162 e. The molecule has 0 aliphatic heterocycles. The summed E-state index contributed by atoms with van der Waals surface area (Å²) in [5.41, 5.74) is 4.56. The first kappa shape index (κ1) is 18.8. The predicted octanol–water partition coefficient (Wildman–Crippen LogP) is 5.64. The Bertz CT molecular complexity index is 686. The van der Waals surface area contributed by atoms with Crippen molar-refractivity contribution in [3.05, 3.63) is 16.2 Å². The van der Waals surface area contributed by atoms with Crippen molar-refractivity contribution in [1.29, 1.82) is 0 Å². The quantitative estimate of drug-likeness (QED) is 0.502. The summed E-state index contributed by atoms with van der Waals surface area (Å²) in [5.74, 6) is 0. The van der Waals surface area contributed by atoms with Gasteiger partial charge in [-0.3, -0.25) is 0 Å². The molecule has 0 amide bonds. The standard InChI is InChI=1S/C17H27Cl2N3Si/c1-8-22-16-15(13(18)9-14(19)20-16)21-17(22)23(10(2)3,11(4)5)12(6)7/h9-12H,8H2,1-7H3. The lowest BCUT2D eigenvalue weighted by atomic mass is 10.4. The summed E-state index contributed by atoms with van der Waals surface area (Å²) in [6.45, 7) is 17.0. The average Bonchev–Trinajstić information content (AvgIpc) is 2.76. The zero-order chi connectivity index (χ0) is 17.5. The van der Waals surface area contributed by atoms with Gasteiger partial charge in [0.1, 0.15) is 18.7 Å². The van der Waals surface area contributed by atoms with E-state index in [2.05, 4.69) is 58.0 Å². The Kier molecular flexibility index (Phi) is 5.49. The highest BCUT2D eigenvalue weighted by Gasteiger charge is 2.48. The summed E-state index contributed by atoms with van der Waals surface area (Å²) in [6.07, 6.45) is 0. The van der Waals surface area contributed by atoms with E-state index in [-0.39, 0.29) is 0 Å². The Morgan fingerprint density at radius 3 is 1.96 bits per heavy atom. The molecule has 6 heteroatoms. The molecule has 3 nitrogen and oxygen atoms in total. The molecule has 0 radical (unpaired) electrons. The molecule has 0 saturated heterocycles. The second kappa shape index (κ2) is 6.73. The number of pyridine rings is 1. The molecule has 2 rings (SSSR count). The maximum absolute atomic E-state index is 6.41. The second-order valence-electron chi connectivity index (χ2n) is 7.18. The van der Waals surface area contributed by atoms with Crippen LogP contribution in [0.15, 0.2) is 6.07 Å². The van der Waals surface area contributed by atoms with Gasteiger partial charge in [0.2, 0.25) is 0 Å². The number of imidazole rings is 1. The van der Waals surface area contributed by atoms with E-state index in [0.717, 1.165) is 17.7 Å². The molecule has 2 heterocycles. The number of aryl methyl sites for hydroxylation is 1. The van der Waals surface area contributed by atoms with E-state index in [4.69, 9.17) is 28.2 Å². The molecule has 0 N–H and O–H groups in total. The first-order chi connectivity index (χ1) is 10.7.